The summed E-state index contributed by atoms with van der Waals surface area (Å²) in [4.78, 5) is 49.1. The Kier molecular flexibility index (Phi) is 7.83. The number of ether oxygens (including phenoxy) is 1. The maximum absolute atomic E-state index is 12.5. The number of likely N-dealkylation sites (tertiary alicyclic amines) is 1. The Morgan fingerprint density at radius 3 is 2.83 bits per heavy atom. The van der Waals surface area contributed by atoms with Gasteiger partial charge in [0.15, 0.2) is 0 Å². The average molecular weight is 546 g/mol. The molecular weight excluding hydrogens is 510 g/mol. The van der Waals surface area contributed by atoms with Gasteiger partial charge in [0.1, 0.15) is 22.7 Å². The molecule has 0 spiro atoms. The van der Waals surface area contributed by atoms with E-state index < -0.39 is 5.60 Å². The van der Waals surface area contributed by atoms with Crippen LogP contribution in [-0.4, -0.2) is 61.4 Å². The van der Waals surface area contributed by atoms with Crippen molar-refractivity contribution in [2.45, 2.75) is 52.3 Å². The summed E-state index contributed by atoms with van der Waals surface area (Å²) in [7, 11) is 0. The van der Waals surface area contributed by atoms with E-state index in [4.69, 9.17) is 4.74 Å². The lowest BCUT2D eigenvalue weighted by molar-refractivity contribution is -0.107. The normalized spacial score (nSPS) is 15.9. The summed E-state index contributed by atoms with van der Waals surface area (Å²) in [6.45, 7) is 8.75. The number of aromatic nitrogens is 4. The third kappa shape index (κ3) is 6.48. The molecule has 11 heteroatoms. The van der Waals surface area contributed by atoms with Crippen molar-refractivity contribution in [3.63, 3.8) is 0 Å². The minimum atomic E-state index is -0.493. The van der Waals surface area contributed by atoms with E-state index in [2.05, 4.69) is 15.3 Å². The van der Waals surface area contributed by atoms with Crippen molar-refractivity contribution in [3.05, 3.63) is 76.6 Å². The Morgan fingerprint density at radius 1 is 1.18 bits per heavy atom. The summed E-state index contributed by atoms with van der Waals surface area (Å²) < 4.78 is 8.90. The smallest absolute Gasteiger partial charge is 0.410 e. The van der Waals surface area contributed by atoms with Crippen molar-refractivity contribution in [1.82, 2.24) is 29.0 Å². The molecule has 0 bridgehead atoms. The van der Waals surface area contributed by atoms with E-state index in [0.717, 1.165) is 37.1 Å². The van der Waals surface area contributed by atoms with Gasteiger partial charge in [0, 0.05) is 44.3 Å². The maximum atomic E-state index is 12.5. The molecule has 1 aliphatic rings. The van der Waals surface area contributed by atoms with Crippen LogP contribution in [0.3, 0.4) is 0 Å². The predicted molar refractivity (Wildman–Crippen MR) is 151 cm³/mol. The Morgan fingerprint density at radius 2 is 2.02 bits per heavy atom. The second-order valence-corrected chi connectivity index (χ2v) is 11.2. The number of hydrogen-bond acceptors (Lipinski definition) is 7. The molecule has 1 unspecified atom stereocenters. The SMILES string of the molecule is CC(C)(C)OC(=O)N1CCCC(CNCc2ccc3nc(CN(C=O)c4cc(=O)n5ccccc5n4)cn3c2)C1. The van der Waals surface area contributed by atoms with Gasteiger partial charge < -0.3 is 19.4 Å². The van der Waals surface area contributed by atoms with Crippen LogP contribution in [0.15, 0.2) is 59.8 Å². The lowest BCUT2D eigenvalue weighted by atomic mass is 9.98. The average Bonchev–Trinajstić information content (AvgIpc) is 3.33. The molecule has 40 heavy (non-hydrogen) atoms. The first-order chi connectivity index (χ1) is 19.2. The van der Waals surface area contributed by atoms with Crippen LogP contribution in [0.1, 0.15) is 44.9 Å². The van der Waals surface area contributed by atoms with Gasteiger partial charge in [-0.25, -0.2) is 14.8 Å². The number of hydrogen-bond donors (Lipinski definition) is 1. The molecule has 1 aliphatic heterocycles. The van der Waals surface area contributed by atoms with Gasteiger partial charge in [-0.1, -0.05) is 12.1 Å². The molecule has 4 aromatic rings. The minimum absolute atomic E-state index is 0.185. The van der Waals surface area contributed by atoms with Crippen LogP contribution in [0.4, 0.5) is 10.6 Å². The molecule has 1 N–H and O–H groups in total. The maximum Gasteiger partial charge on any atom is 0.410 e. The van der Waals surface area contributed by atoms with Crippen molar-refractivity contribution in [2.75, 3.05) is 24.5 Å². The van der Waals surface area contributed by atoms with Crippen molar-refractivity contribution in [3.8, 4) is 0 Å². The molecule has 0 aromatic carbocycles. The first-order valence-corrected chi connectivity index (χ1v) is 13.5. The van der Waals surface area contributed by atoms with Crippen LogP contribution < -0.4 is 15.8 Å². The summed E-state index contributed by atoms with van der Waals surface area (Å²) in [5.41, 5.74) is 2.24. The predicted octanol–water partition coefficient (Wildman–Crippen LogP) is 3.24. The molecule has 1 atom stereocenters. The summed E-state index contributed by atoms with van der Waals surface area (Å²) in [5, 5.41) is 3.53. The summed E-state index contributed by atoms with van der Waals surface area (Å²) in [6, 6.07) is 10.6. The number of carbonyl (C=O) groups is 2. The number of imidazole rings is 1. The van der Waals surface area contributed by atoms with Crippen molar-refractivity contribution in [1.29, 1.82) is 0 Å². The highest BCUT2D eigenvalue weighted by atomic mass is 16.6. The third-order valence-electron chi connectivity index (χ3n) is 6.81. The Bertz CT molecular complexity index is 1570. The number of amides is 2. The standard InChI is InChI=1S/C29H35N7O4/c1-29(2,3)40-28(39)33-11-6-7-21(16-33)14-30-15-22-9-10-24-31-23(18-34(24)17-22)19-35(20-37)26-13-27(38)36-12-5-4-8-25(36)32-26/h4-5,8-10,12-13,17-18,20-21,30H,6-7,11,14-16,19H2,1-3H3. The highest BCUT2D eigenvalue weighted by Gasteiger charge is 2.27. The fourth-order valence-electron chi connectivity index (χ4n) is 4.95. The lowest BCUT2D eigenvalue weighted by Gasteiger charge is -2.34. The van der Waals surface area contributed by atoms with Gasteiger partial charge in [0.05, 0.1) is 12.2 Å². The number of carbonyl (C=O) groups excluding carboxylic acids is 2. The zero-order valence-corrected chi connectivity index (χ0v) is 23.1. The molecule has 11 nitrogen and oxygen atoms in total. The molecule has 5 rings (SSSR count). The number of rotatable bonds is 8. The monoisotopic (exact) mass is 545 g/mol. The molecule has 2 amide bonds. The molecule has 5 heterocycles. The number of nitrogens with zero attached hydrogens (tertiary/aromatic N) is 6. The number of nitrogens with one attached hydrogen (secondary N) is 1. The van der Waals surface area contributed by atoms with Gasteiger partial charge in [-0.2, -0.15) is 0 Å². The van der Waals surface area contributed by atoms with Crippen molar-refractivity contribution >= 4 is 29.6 Å². The van der Waals surface area contributed by atoms with E-state index in [1.165, 1.54) is 15.4 Å². The number of anilines is 1. The lowest BCUT2D eigenvalue weighted by Crippen LogP contribution is -2.45. The van der Waals surface area contributed by atoms with Crippen LogP contribution in [0, 0.1) is 5.92 Å². The molecule has 0 radical (unpaired) electrons. The minimum Gasteiger partial charge on any atom is -0.444 e. The Balaban J connectivity index is 1.19. The highest BCUT2D eigenvalue weighted by Crippen LogP contribution is 2.19. The second kappa shape index (κ2) is 11.5. The largest absolute Gasteiger partial charge is 0.444 e. The molecule has 1 fully saturated rings. The topological polar surface area (TPSA) is 114 Å². The van der Waals surface area contributed by atoms with Crippen molar-refractivity contribution in [2.24, 2.45) is 5.92 Å². The van der Waals surface area contributed by atoms with Crippen LogP contribution in [0.2, 0.25) is 0 Å². The van der Waals surface area contributed by atoms with Crippen LogP contribution in [0.5, 0.6) is 0 Å². The van der Waals surface area contributed by atoms with E-state index in [9.17, 15) is 14.4 Å². The quantitative estimate of drug-likeness (QED) is 0.338. The summed E-state index contributed by atoms with van der Waals surface area (Å²) >= 11 is 0. The fraction of sp³-hybridized carbons (Fsp3) is 0.414. The molecular formula is C29H35N7O4. The van der Waals surface area contributed by atoms with Gasteiger partial charge >= 0.3 is 6.09 Å². The van der Waals surface area contributed by atoms with Gasteiger partial charge in [0.2, 0.25) is 6.41 Å². The van der Waals surface area contributed by atoms with E-state index in [1.807, 2.05) is 54.6 Å². The van der Waals surface area contributed by atoms with E-state index in [-0.39, 0.29) is 24.0 Å². The van der Waals surface area contributed by atoms with Crippen LogP contribution in [0.25, 0.3) is 11.3 Å². The first kappa shape index (κ1) is 27.3. The van der Waals surface area contributed by atoms with Gasteiger partial charge in [-0.3, -0.25) is 18.9 Å². The van der Waals surface area contributed by atoms with E-state index >= 15 is 0 Å². The number of piperidine rings is 1. The van der Waals surface area contributed by atoms with Gasteiger partial charge in [-0.15, -0.1) is 0 Å². The van der Waals surface area contributed by atoms with Gasteiger partial charge in [0.25, 0.3) is 5.56 Å². The molecule has 0 aliphatic carbocycles. The second-order valence-electron chi connectivity index (χ2n) is 11.2. The Labute approximate surface area is 232 Å². The van der Waals surface area contributed by atoms with Crippen LogP contribution >= 0.6 is 0 Å². The zero-order valence-electron chi connectivity index (χ0n) is 23.1. The number of fused-ring (bicyclic) bond motifs is 2. The molecule has 0 saturated carbocycles. The summed E-state index contributed by atoms with van der Waals surface area (Å²) in [5.74, 6) is 0.650. The van der Waals surface area contributed by atoms with Crippen LogP contribution in [-0.2, 0) is 22.6 Å². The molecule has 210 valence electrons. The fourth-order valence-corrected chi connectivity index (χ4v) is 4.95. The van der Waals surface area contributed by atoms with E-state index in [1.54, 1.807) is 24.4 Å². The third-order valence-corrected chi connectivity index (χ3v) is 6.81. The molecule has 4 aromatic heterocycles. The molecule has 1 saturated heterocycles. The Hall–Kier alpha value is -4.25. The van der Waals surface area contributed by atoms with Crippen molar-refractivity contribution < 1.29 is 14.3 Å². The zero-order chi connectivity index (χ0) is 28.3. The first-order valence-electron chi connectivity index (χ1n) is 13.5. The van der Waals surface area contributed by atoms with E-state index in [0.29, 0.717) is 36.8 Å². The van der Waals surface area contributed by atoms with Gasteiger partial charge in [-0.05, 0) is 69.8 Å². The highest BCUT2D eigenvalue weighted by molar-refractivity contribution is 5.73. The summed E-state index contributed by atoms with van der Waals surface area (Å²) in [6.07, 6.45) is 7.99. The number of pyridine rings is 2.